The molecule has 3 nitrogen and oxygen atoms in total. The van der Waals surface area contributed by atoms with Crippen LogP contribution in [0.4, 0.5) is 0 Å². The van der Waals surface area contributed by atoms with Crippen LogP contribution in [0.1, 0.15) is 31.9 Å². The van der Waals surface area contributed by atoms with Crippen LogP contribution in [0.2, 0.25) is 0 Å². The number of nitrogens with one attached hydrogen (secondary N) is 1. The van der Waals surface area contributed by atoms with Crippen molar-refractivity contribution in [1.29, 1.82) is 0 Å². The normalized spacial score (nSPS) is 13.1. The van der Waals surface area contributed by atoms with E-state index in [0.717, 1.165) is 32.7 Å². The summed E-state index contributed by atoms with van der Waals surface area (Å²) in [5.74, 6) is 0.710. The van der Waals surface area contributed by atoms with E-state index in [4.69, 9.17) is 4.74 Å². The highest BCUT2D eigenvalue weighted by Gasteiger charge is 2.11. The molecule has 1 aromatic rings. The van der Waals surface area contributed by atoms with Gasteiger partial charge < -0.3 is 10.1 Å². The highest BCUT2D eigenvalue weighted by Crippen LogP contribution is 2.13. The summed E-state index contributed by atoms with van der Waals surface area (Å²) in [6.07, 6.45) is 1.09. The van der Waals surface area contributed by atoms with Crippen LogP contribution in [0.3, 0.4) is 0 Å². The molecule has 1 atom stereocenters. The number of nitrogens with zero attached hydrogens (tertiary/aromatic N) is 1. The van der Waals surface area contributed by atoms with Crippen molar-refractivity contribution in [2.45, 2.75) is 39.8 Å². The molecule has 1 aromatic carbocycles. The number of hydrogen-bond acceptors (Lipinski definition) is 3. The van der Waals surface area contributed by atoms with E-state index in [0.29, 0.717) is 12.0 Å². The van der Waals surface area contributed by atoms with Crippen LogP contribution in [0.15, 0.2) is 24.3 Å². The number of likely N-dealkylation sites (N-methyl/N-ethyl adjacent to an activating group) is 1. The summed E-state index contributed by atoms with van der Waals surface area (Å²) in [5.41, 5.74) is 2.87. The molecule has 0 amide bonds. The molecule has 120 valence electrons. The summed E-state index contributed by atoms with van der Waals surface area (Å²) >= 11 is 0. The minimum Gasteiger partial charge on any atom is -0.383 e. The second-order valence-corrected chi connectivity index (χ2v) is 6.34. The van der Waals surface area contributed by atoms with Gasteiger partial charge in [-0.15, -0.1) is 0 Å². The van der Waals surface area contributed by atoms with Crippen molar-refractivity contribution < 1.29 is 4.74 Å². The summed E-state index contributed by atoms with van der Waals surface area (Å²) < 4.78 is 5.24. The molecule has 0 heterocycles. The van der Waals surface area contributed by atoms with E-state index in [9.17, 15) is 0 Å². The average molecular weight is 292 g/mol. The van der Waals surface area contributed by atoms with E-state index in [1.54, 1.807) is 7.11 Å². The highest BCUT2D eigenvalue weighted by molar-refractivity contribution is 5.27. The van der Waals surface area contributed by atoms with Crippen LogP contribution in [0.25, 0.3) is 0 Å². The van der Waals surface area contributed by atoms with Crippen LogP contribution >= 0.6 is 0 Å². The lowest BCUT2D eigenvalue weighted by atomic mass is 10.0. The van der Waals surface area contributed by atoms with Crippen LogP contribution < -0.4 is 5.32 Å². The first kappa shape index (κ1) is 18.1. The molecule has 0 saturated heterocycles. The van der Waals surface area contributed by atoms with Gasteiger partial charge in [0.2, 0.25) is 0 Å². The van der Waals surface area contributed by atoms with Crippen molar-refractivity contribution >= 4 is 0 Å². The zero-order valence-corrected chi connectivity index (χ0v) is 14.4. The lowest BCUT2D eigenvalue weighted by molar-refractivity contribution is 0.112. The summed E-state index contributed by atoms with van der Waals surface area (Å²) in [6, 6.07) is 9.20. The van der Waals surface area contributed by atoms with E-state index >= 15 is 0 Å². The Labute approximate surface area is 130 Å². The summed E-state index contributed by atoms with van der Waals surface area (Å²) in [4.78, 5) is 2.35. The average Bonchev–Trinajstić information content (AvgIpc) is 2.45. The summed E-state index contributed by atoms with van der Waals surface area (Å²) in [6.45, 7) is 10.6. The first-order valence-electron chi connectivity index (χ1n) is 8.01. The van der Waals surface area contributed by atoms with Crippen LogP contribution in [-0.2, 0) is 17.7 Å². The first-order valence-corrected chi connectivity index (χ1v) is 8.01. The molecule has 21 heavy (non-hydrogen) atoms. The molecule has 3 heteroatoms. The number of ether oxygens (including phenoxy) is 1. The zero-order valence-electron chi connectivity index (χ0n) is 14.4. The van der Waals surface area contributed by atoms with E-state index in [1.807, 2.05) is 0 Å². The van der Waals surface area contributed by atoms with E-state index < -0.39 is 0 Å². The first-order chi connectivity index (χ1) is 10.0. The molecular weight excluding hydrogens is 260 g/mol. The minimum atomic E-state index is 0.433. The maximum Gasteiger partial charge on any atom is 0.0615 e. The van der Waals surface area contributed by atoms with Crippen LogP contribution in [0.5, 0.6) is 0 Å². The zero-order chi connectivity index (χ0) is 15.7. The number of hydrogen-bond donors (Lipinski definition) is 1. The van der Waals surface area contributed by atoms with Gasteiger partial charge in [0.15, 0.2) is 0 Å². The molecule has 1 rings (SSSR count). The minimum absolute atomic E-state index is 0.433. The second kappa shape index (κ2) is 9.93. The van der Waals surface area contributed by atoms with Gasteiger partial charge in [0.1, 0.15) is 0 Å². The summed E-state index contributed by atoms with van der Waals surface area (Å²) in [7, 11) is 3.93. The van der Waals surface area contributed by atoms with Crippen LogP contribution in [-0.4, -0.2) is 44.8 Å². The Morgan fingerprint density at radius 3 is 2.43 bits per heavy atom. The lowest BCUT2D eigenvalue weighted by Gasteiger charge is -2.25. The van der Waals surface area contributed by atoms with Gasteiger partial charge in [0.05, 0.1) is 6.61 Å². The monoisotopic (exact) mass is 292 g/mol. The summed E-state index contributed by atoms with van der Waals surface area (Å²) in [5, 5.41) is 3.52. The standard InChI is InChI=1S/C18H32N2O/c1-15(2)12-19-11-10-17-8-6-7-9-18(17)13-20(4)16(3)14-21-5/h6-9,15-16,19H,10-14H2,1-5H3. The Balaban J connectivity index is 2.54. The Morgan fingerprint density at radius 1 is 1.14 bits per heavy atom. The van der Waals surface area contributed by atoms with Gasteiger partial charge >= 0.3 is 0 Å². The molecule has 0 aliphatic carbocycles. The topological polar surface area (TPSA) is 24.5 Å². The Bertz CT molecular complexity index is 393. The van der Waals surface area contributed by atoms with Gasteiger partial charge in [-0.3, -0.25) is 4.90 Å². The molecule has 1 unspecified atom stereocenters. The van der Waals surface area contributed by atoms with Crippen molar-refractivity contribution in [1.82, 2.24) is 10.2 Å². The quantitative estimate of drug-likeness (QED) is 0.671. The Morgan fingerprint density at radius 2 is 1.81 bits per heavy atom. The van der Waals surface area contributed by atoms with E-state index in [-0.39, 0.29) is 0 Å². The third kappa shape index (κ3) is 7.07. The van der Waals surface area contributed by atoms with Crippen molar-refractivity contribution in [3.8, 4) is 0 Å². The molecule has 0 aliphatic rings. The molecule has 0 fully saturated rings. The van der Waals surface area contributed by atoms with Gasteiger partial charge in [-0.25, -0.2) is 0 Å². The number of rotatable bonds is 10. The van der Waals surface area contributed by atoms with E-state index in [1.165, 1.54) is 11.1 Å². The molecule has 0 bridgehead atoms. The third-order valence-corrected chi connectivity index (χ3v) is 3.82. The molecule has 0 radical (unpaired) electrons. The van der Waals surface area contributed by atoms with Crippen molar-refractivity contribution in [3.63, 3.8) is 0 Å². The van der Waals surface area contributed by atoms with Gasteiger partial charge in [-0.1, -0.05) is 38.1 Å². The predicted molar refractivity (Wildman–Crippen MR) is 90.7 cm³/mol. The lowest BCUT2D eigenvalue weighted by Crippen LogP contribution is -2.32. The number of methoxy groups -OCH3 is 1. The van der Waals surface area contributed by atoms with Gasteiger partial charge in [-0.2, -0.15) is 0 Å². The van der Waals surface area contributed by atoms with Gasteiger partial charge in [0.25, 0.3) is 0 Å². The highest BCUT2D eigenvalue weighted by atomic mass is 16.5. The van der Waals surface area contributed by atoms with Crippen molar-refractivity contribution in [2.24, 2.45) is 5.92 Å². The van der Waals surface area contributed by atoms with Crippen LogP contribution in [0, 0.1) is 5.92 Å². The molecular formula is C18H32N2O. The third-order valence-electron chi connectivity index (χ3n) is 3.82. The number of benzene rings is 1. The molecule has 0 aliphatic heterocycles. The fourth-order valence-electron chi connectivity index (χ4n) is 2.36. The molecule has 0 aromatic heterocycles. The molecule has 0 saturated carbocycles. The fourth-order valence-corrected chi connectivity index (χ4v) is 2.36. The maximum absolute atomic E-state index is 5.24. The second-order valence-electron chi connectivity index (χ2n) is 6.34. The fraction of sp³-hybridized carbons (Fsp3) is 0.667. The molecule has 1 N–H and O–H groups in total. The Hall–Kier alpha value is -0.900. The SMILES string of the molecule is COCC(C)N(C)Cc1ccccc1CCNCC(C)C. The molecule has 0 spiro atoms. The van der Waals surface area contributed by atoms with Crippen molar-refractivity contribution in [3.05, 3.63) is 35.4 Å². The van der Waals surface area contributed by atoms with E-state index in [2.05, 4.69) is 62.3 Å². The smallest absolute Gasteiger partial charge is 0.0615 e. The van der Waals surface area contributed by atoms with Gasteiger partial charge in [0, 0.05) is 19.7 Å². The Kier molecular flexibility index (Phi) is 8.58. The van der Waals surface area contributed by atoms with Gasteiger partial charge in [-0.05, 0) is 50.5 Å². The predicted octanol–water partition coefficient (Wildman–Crippen LogP) is 2.94. The van der Waals surface area contributed by atoms with Crippen molar-refractivity contribution in [2.75, 3.05) is 33.9 Å². The maximum atomic E-state index is 5.24. The largest absolute Gasteiger partial charge is 0.383 e.